The Morgan fingerprint density at radius 1 is 1.33 bits per heavy atom. The summed E-state index contributed by atoms with van der Waals surface area (Å²) in [7, 11) is 0. The fourth-order valence-corrected chi connectivity index (χ4v) is 2.78. The van der Waals surface area contributed by atoms with E-state index in [-0.39, 0.29) is 0 Å². The Bertz CT molecular complexity index is 325. The molecular formula is C12H17N3. The molecule has 1 N–H and O–H groups in total. The van der Waals surface area contributed by atoms with Gasteiger partial charge in [-0.3, -0.25) is 0 Å². The monoisotopic (exact) mass is 203 g/mol. The van der Waals surface area contributed by atoms with Gasteiger partial charge < -0.3 is 10.2 Å². The second-order valence-electron chi connectivity index (χ2n) is 4.53. The van der Waals surface area contributed by atoms with Gasteiger partial charge in [-0.15, -0.1) is 0 Å². The van der Waals surface area contributed by atoms with Crippen LogP contribution in [0.2, 0.25) is 0 Å². The van der Waals surface area contributed by atoms with Crippen molar-refractivity contribution in [2.75, 3.05) is 24.5 Å². The van der Waals surface area contributed by atoms with E-state index >= 15 is 0 Å². The Labute approximate surface area is 90.5 Å². The van der Waals surface area contributed by atoms with Gasteiger partial charge in [0.15, 0.2) is 0 Å². The fourth-order valence-electron chi connectivity index (χ4n) is 2.78. The Kier molecular flexibility index (Phi) is 2.33. The Morgan fingerprint density at radius 3 is 3.20 bits per heavy atom. The molecule has 2 aliphatic rings. The molecule has 1 aromatic rings. The first-order chi connectivity index (χ1) is 7.43. The summed E-state index contributed by atoms with van der Waals surface area (Å²) in [5, 5.41) is 3.59. The average molecular weight is 203 g/mol. The first-order valence-electron chi connectivity index (χ1n) is 5.83. The molecule has 2 unspecified atom stereocenters. The number of nitrogens with one attached hydrogen (secondary N) is 1. The number of anilines is 1. The lowest BCUT2D eigenvalue weighted by molar-refractivity contribution is 0.372. The number of piperidine rings is 1. The van der Waals surface area contributed by atoms with Crippen LogP contribution in [0.3, 0.4) is 0 Å². The quantitative estimate of drug-likeness (QED) is 0.745. The highest BCUT2D eigenvalue weighted by molar-refractivity contribution is 5.38. The van der Waals surface area contributed by atoms with Crippen molar-refractivity contribution in [1.29, 1.82) is 0 Å². The molecular weight excluding hydrogens is 186 g/mol. The third kappa shape index (κ3) is 1.72. The van der Waals surface area contributed by atoms with Gasteiger partial charge in [0.2, 0.25) is 0 Å². The smallest absolute Gasteiger partial charge is 0.128 e. The summed E-state index contributed by atoms with van der Waals surface area (Å²) in [4.78, 5) is 6.82. The highest BCUT2D eigenvalue weighted by Gasteiger charge is 2.32. The molecule has 2 saturated heterocycles. The minimum absolute atomic E-state index is 0.695. The van der Waals surface area contributed by atoms with Crippen molar-refractivity contribution in [2.24, 2.45) is 5.92 Å². The molecule has 0 aliphatic carbocycles. The molecule has 2 aliphatic heterocycles. The Balaban J connectivity index is 1.74. The molecule has 2 atom stereocenters. The summed E-state index contributed by atoms with van der Waals surface area (Å²) in [5.41, 5.74) is 0. The number of rotatable bonds is 1. The standard InChI is InChI=1S/C12H17N3/c1-2-6-14-12(3-1)15-8-5-10-4-7-13-11(10)9-15/h1-3,6,10-11,13H,4-5,7-9H2. The molecule has 2 fully saturated rings. The SMILES string of the molecule is c1ccc(N2CCC3CCNC3C2)nc1. The second kappa shape index (κ2) is 3.81. The molecule has 0 aromatic carbocycles. The molecule has 1 aromatic heterocycles. The van der Waals surface area contributed by atoms with E-state index in [2.05, 4.69) is 27.3 Å². The molecule has 0 bridgehead atoms. The first kappa shape index (κ1) is 9.16. The average Bonchev–Trinajstić information content (AvgIpc) is 2.77. The highest BCUT2D eigenvalue weighted by atomic mass is 15.2. The second-order valence-corrected chi connectivity index (χ2v) is 4.53. The first-order valence-corrected chi connectivity index (χ1v) is 5.83. The van der Waals surface area contributed by atoms with Gasteiger partial charge in [-0.1, -0.05) is 6.07 Å². The molecule has 3 heteroatoms. The zero-order chi connectivity index (χ0) is 10.1. The van der Waals surface area contributed by atoms with Crippen molar-refractivity contribution in [1.82, 2.24) is 10.3 Å². The predicted octanol–water partition coefficient (Wildman–Crippen LogP) is 1.27. The van der Waals surface area contributed by atoms with Crippen LogP contribution in [0.5, 0.6) is 0 Å². The normalized spacial score (nSPS) is 30.3. The molecule has 15 heavy (non-hydrogen) atoms. The summed E-state index contributed by atoms with van der Waals surface area (Å²) in [6.07, 6.45) is 4.55. The van der Waals surface area contributed by atoms with Crippen LogP contribution in [0.1, 0.15) is 12.8 Å². The van der Waals surface area contributed by atoms with Gasteiger partial charge >= 0.3 is 0 Å². The number of pyridine rings is 1. The lowest BCUT2D eigenvalue weighted by Gasteiger charge is -2.35. The van der Waals surface area contributed by atoms with Gasteiger partial charge in [-0.05, 0) is 37.4 Å². The van der Waals surface area contributed by atoms with Crippen LogP contribution in [-0.2, 0) is 0 Å². The number of aromatic nitrogens is 1. The largest absolute Gasteiger partial charge is 0.355 e. The maximum absolute atomic E-state index is 4.41. The molecule has 0 radical (unpaired) electrons. The van der Waals surface area contributed by atoms with Crippen molar-refractivity contribution in [3.05, 3.63) is 24.4 Å². The van der Waals surface area contributed by atoms with Crippen molar-refractivity contribution in [3.8, 4) is 0 Å². The molecule has 0 spiro atoms. The molecule has 3 rings (SSSR count). The van der Waals surface area contributed by atoms with E-state index in [0.717, 1.165) is 18.3 Å². The lowest BCUT2D eigenvalue weighted by Crippen LogP contribution is -2.46. The van der Waals surface area contributed by atoms with Crippen LogP contribution in [-0.4, -0.2) is 30.7 Å². The summed E-state index contributed by atoms with van der Waals surface area (Å²) >= 11 is 0. The zero-order valence-electron chi connectivity index (χ0n) is 8.89. The maximum atomic E-state index is 4.41. The van der Waals surface area contributed by atoms with E-state index in [1.807, 2.05) is 12.3 Å². The van der Waals surface area contributed by atoms with Crippen molar-refractivity contribution in [3.63, 3.8) is 0 Å². The van der Waals surface area contributed by atoms with Gasteiger partial charge in [0.1, 0.15) is 5.82 Å². The van der Waals surface area contributed by atoms with Gasteiger partial charge in [0.25, 0.3) is 0 Å². The third-order valence-electron chi connectivity index (χ3n) is 3.65. The summed E-state index contributed by atoms with van der Waals surface area (Å²) in [6, 6.07) is 6.84. The molecule has 3 heterocycles. The predicted molar refractivity (Wildman–Crippen MR) is 61.0 cm³/mol. The summed E-state index contributed by atoms with van der Waals surface area (Å²) in [6.45, 7) is 3.49. The van der Waals surface area contributed by atoms with Crippen LogP contribution < -0.4 is 10.2 Å². The number of hydrogen-bond donors (Lipinski definition) is 1. The van der Waals surface area contributed by atoms with Crippen molar-refractivity contribution >= 4 is 5.82 Å². The topological polar surface area (TPSA) is 28.2 Å². The molecule has 80 valence electrons. The Morgan fingerprint density at radius 2 is 2.33 bits per heavy atom. The van der Waals surface area contributed by atoms with Crippen molar-refractivity contribution in [2.45, 2.75) is 18.9 Å². The van der Waals surface area contributed by atoms with Gasteiger partial charge in [-0.25, -0.2) is 4.98 Å². The molecule has 0 saturated carbocycles. The van der Waals surface area contributed by atoms with Crippen LogP contribution in [0.25, 0.3) is 0 Å². The summed E-state index contributed by atoms with van der Waals surface area (Å²) in [5.74, 6) is 2.04. The van der Waals surface area contributed by atoms with Crippen molar-refractivity contribution < 1.29 is 0 Å². The van der Waals surface area contributed by atoms with E-state index in [9.17, 15) is 0 Å². The van der Waals surface area contributed by atoms with E-state index in [1.54, 1.807) is 0 Å². The Hall–Kier alpha value is -1.09. The van der Waals surface area contributed by atoms with Gasteiger partial charge in [0, 0.05) is 25.3 Å². The molecule has 3 nitrogen and oxygen atoms in total. The van der Waals surface area contributed by atoms with Crippen LogP contribution in [0, 0.1) is 5.92 Å². The number of hydrogen-bond acceptors (Lipinski definition) is 3. The summed E-state index contributed by atoms with van der Waals surface area (Å²) < 4.78 is 0. The minimum atomic E-state index is 0.695. The van der Waals surface area contributed by atoms with Crippen LogP contribution >= 0.6 is 0 Å². The zero-order valence-corrected chi connectivity index (χ0v) is 8.89. The van der Waals surface area contributed by atoms with Crippen LogP contribution in [0.15, 0.2) is 24.4 Å². The van der Waals surface area contributed by atoms with E-state index < -0.39 is 0 Å². The van der Waals surface area contributed by atoms with E-state index in [0.29, 0.717) is 6.04 Å². The number of fused-ring (bicyclic) bond motifs is 1. The fraction of sp³-hybridized carbons (Fsp3) is 0.583. The van der Waals surface area contributed by atoms with Gasteiger partial charge in [-0.2, -0.15) is 0 Å². The lowest BCUT2D eigenvalue weighted by atomic mass is 9.92. The number of nitrogens with zero attached hydrogens (tertiary/aromatic N) is 2. The van der Waals surface area contributed by atoms with E-state index in [1.165, 1.54) is 25.9 Å². The van der Waals surface area contributed by atoms with Gasteiger partial charge in [0.05, 0.1) is 0 Å². The maximum Gasteiger partial charge on any atom is 0.128 e. The third-order valence-corrected chi connectivity index (χ3v) is 3.65. The minimum Gasteiger partial charge on any atom is -0.355 e. The molecule has 0 amide bonds. The van der Waals surface area contributed by atoms with Crippen LogP contribution in [0.4, 0.5) is 5.82 Å². The highest BCUT2D eigenvalue weighted by Crippen LogP contribution is 2.27. The van der Waals surface area contributed by atoms with E-state index in [4.69, 9.17) is 0 Å².